The molecule has 12 atom stereocenters. The third kappa shape index (κ3) is 14.6. The molecule has 0 saturated heterocycles. The maximum atomic E-state index is 7.32. The van der Waals surface area contributed by atoms with Gasteiger partial charge in [0.2, 0.25) is 0 Å². The molecule has 0 aromatic heterocycles. The minimum absolute atomic E-state index is 0.105. The Bertz CT molecular complexity index is 1610. The van der Waals surface area contributed by atoms with Gasteiger partial charge < -0.3 is 9.05 Å². The third-order valence-corrected chi connectivity index (χ3v) is 19.5. The predicted molar refractivity (Wildman–Crippen MR) is 276 cm³/mol. The highest BCUT2D eigenvalue weighted by molar-refractivity contribution is 7.99. The summed E-state index contributed by atoms with van der Waals surface area (Å²) in [7, 11) is -3.41. The highest BCUT2D eigenvalue weighted by Crippen LogP contribution is 2.57. The summed E-state index contributed by atoms with van der Waals surface area (Å²) in [5.41, 5.74) is 4.59. The average Bonchev–Trinajstić information content (AvgIpc) is 3.20. The van der Waals surface area contributed by atoms with Crippen LogP contribution in [-0.4, -0.2) is 24.4 Å². The highest BCUT2D eigenvalue weighted by atomic mass is 32.2. The van der Waals surface area contributed by atoms with Crippen LogP contribution in [0.1, 0.15) is 182 Å². The molecule has 6 nitrogen and oxygen atoms in total. The van der Waals surface area contributed by atoms with Crippen molar-refractivity contribution in [2.45, 2.75) is 222 Å². The Morgan fingerprint density at radius 3 is 0.923 bits per heavy atom. The Hall–Kier alpha value is -0.910. The third-order valence-electron chi connectivity index (χ3n) is 16.1. The molecule has 2 aromatic rings. The number of benzene rings is 2. The molecule has 4 saturated carbocycles. The molecule has 0 spiro atoms. The first-order valence-electron chi connectivity index (χ1n) is 26.3. The van der Waals surface area contributed by atoms with Crippen LogP contribution in [0.15, 0.2) is 34.1 Å². The lowest BCUT2D eigenvalue weighted by Gasteiger charge is -2.41. The van der Waals surface area contributed by atoms with Crippen LogP contribution in [0, 0.1) is 98.7 Å². The normalized spacial score (nSPS) is 31.5. The summed E-state index contributed by atoms with van der Waals surface area (Å²) in [6, 6.07) is 9.06. The van der Waals surface area contributed by atoms with E-state index in [0.717, 1.165) is 58.1 Å². The van der Waals surface area contributed by atoms with Gasteiger partial charge in [0.05, 0.1) is 34.2 Å². The van der Waals surface area contributed by atoms with Crippen LogP contribution in [0.3, 0.4) is 0 Å². The average molecular weight is 955 g/mol. The van der Waals surface area contributed by atoms with E-state index < -0.39 is 17.2 Å². The summed E-state index contributed by atoms with van der Waals surface area (Å²) in [4.78, 5) is 2.11. The fourth-order valence-electron chi connectivity index (χ4n) is 12.0. The maximum Gasteiger partial charge on any atom is 0.397 e. The zero-order chi connectivity index (χ0) is 47.3. The van der Waals surface area contributed by atoms with Crippen molar-refractivity contribution in [2.24, 2.45) is 71.0 Å². The van der Waals surface area contributed by atoms with Crippen molar-refractivity contribution in [2.75, 3.05) is 0 Å². The van der Waals surface area contributed by atoms with Crippen molar-refractivity contribution >= 4 is 29.0 Å². The lowest BCUT2D eigenvalue weighted by atomic mass is 9.75. The molecule has 0 amide bonds. The van der Waals surface area contributed by atoms with Gasteiger partial charge in [-0.05, 0) is 184 Å². The Morgan fingerprint density at radius 1 is 0.415 bits per heavy atom. The molecule has 0 N–H and O–H groups in total. The first-order chi connectivity index (χ1) is 30.8. The van der Waals surface area contributed by atoms with Gasteiger partial charge in [0.15, 0.2) is 0 Å². The van der Waals surface area contributed by atoms with Crippen molar-refractivity contribution in [3.63, 3.8) is 0 Å². The summed E-state index contributed by atoms with van der Waals surface area (Å²) in [5.74, 6) is 8.26. The van der Waals surface area contributed by atoms with Gasteiger partial charge >= 0.3 is 17.2 Å². The van der Waals surface area contributed by atoms with Crippen molar-refractivity contribution in [3.8, 4) is 11.5 Å². The smallest absolute Gasteiger partial charge is 0.397 e. The summed E-state index contributed by atoms with van der Waals surface area (Å²) < 4.78 is 43.7. The van der Waals surface area contributed by atoms with Crippen molar-refractivity contribution in [1.29, 1.82) is 0 Å². The molecule has 4 fully saturated rings. The van der Waals surface area contributed by atoms with Gasteiger partial charge in [-0.1, -0.05) is 133 Å². The minimum Gasteiger partial charge on any atom is -0.425 e. The van der Waals surface area contributed by atoms with Crippen LogP contribution >= 0.6 is 29.0 Å². The Kier molecular flexibility index (Phi) is 20.0. The van der Waals surface area contributed by atoms with E-state index in [4.69, 9.17) is 27.1 Å². The molecule has 0 unspecified atom stereocenters. The van der Waals surface area contributed by atoms with E-state index in [-0.39, 0.29) is 24.4 Å². The van der Waals surface area contributed by atoms with E-state index in [1.807, 2.05) is 0 Å². The number of aryl methyl sites for hydroxylation is 4. The quantitative estimate of drug-likeness (QED) is 0.138. The van der Waals surface area contributed by atoms with Gasteiger partial charge in [-0.15, -0.1) is 0 Å². The topological polar surface area (TPSA) is 55.4 Å². The fraction of sp³-hybridized carbons (Fsp3) is 0.786. The Morgan fingerprint density at radius 2 is 0.677 bits per heavy atom. The lowest BCUT2D eigenvalue weighted by Crippen LogP contribution is -2.36. The molecule has 4 aliphatic carbocycles. The van der Waals surface area contributed by atoms with E-state index in [1.165, 1.54) is 62.5 Å². The first kappa shape index (κ1) is 53.4. The van der Waals surface area contributed by atoms with Crippen LogP contribution in [0.4, 0.5) is 0 Å². The van der Waals surface area contributed by atoms with Crippen molar-refractivity contribution in [1.82, 2.24) is 0 Å². The van der Waals surface area contributed by atoms with Gasteiger partial charge in [0.1, 0.15) is 11.5 Å². The second-order valence-electron chi connectivity index (χ2n) is 23.4. The SMILES string of the molecule is Cc1cc(C)c(OP(O[C@@H]2C[C@H](C)CC[C@H]2C(C)C)O[C@@H]2C[C@H](C)CC[C@H]2C(C)C)c(Sc2cc(C)cc(C)c2OP(O[C@@H]2C[C@H](C)CC[C@H]2C(C)C)O[C@@H]2C[C@H](C)CC[C@H]2C(C)C)c1. The molecule has 0 heterocycles. The second kappa shape index (κ2) is 24.3. The molecule has 6 rings (SSSR count). The number of hydrogen-bond donors (Lipinski definition) is 0. The van der Waals surface area contributed by atoms with E-state index in [1.54, 1.807) is 11.8 Å². The number of rotatable bonds is 18. The van der Waals surface area contributed by atoms with Gasteiger partial charge in [0.25, 0.3) is 0 Å². The number of hydrogen-bond acceptors (Lipinski definition) is 7. The minimum atomic E-state index is -1.70. The molecule has 368 valence electrons. The zero-order valence-corrected chi connectivity index (χ0v) is 46.4. The standard InChI is InChI=1S/C56H92O6P2S/c1-33(2)45-21-17-37(9)27-49(45)57-63(58-50-28-38(10)18-22-46(50)34(3)4)61-55-43(15)25-41(13)31-53(55)65-54-32-42(14)26-44(16)56(54)62-64(59-51-29-39(11)19-23-47(51)35(5)6)60-52-30-40(12)20-24-48(52)36(7)8/h25-26,31-40,45-52H,17-24,27-30H2,1-16H3/t37-,38-,39-,40-,45+,46+,47+,48+,49-,50-,51-,52-/m1/s1. The van der Waals surface area contributed by atoms with Crippen LogP contribution < -0.4 is 9.05 Å². The van der Waals surface area contributed by atoms with Gasteiger partial charge in [-0.3, -0.25) is 18.1 Å². The molecular weight excluding hydrogens is 863 g/mol. The fourth-order valence-corrected chi connectivity index (χ4v) is 16.4. The molecule has 0 aliphatic heterocycles. The lowest BCUT2D eigenvalue weighted by molar-refractivity contribution is -0.00335. The highest BCUT2D eigenvalue weighted by Gasteiger charge is 2.42. The van der Waals surface area contributed by atoms with Gasteiger partial charge in [-0.2, -0.15) is 0 Å². The Balaban J connectivity index is 1.37. The van der Waals surface area contributed by atoms with Gasteiger partial charge in [0, 0.05) is 0 Å². The second-order valence-corrected chi connectivity index (χ2v) is 26.6. The summed E-state index contributed by atoms with van der Waals surface area (Å²) in [6.45, 7) is 37.2. The first-order valence-corrected chi connectivity index (χ1v) is 29.3. The molecule has 4 aliphatic rings. The van der Waals surface area contributed by atoms with E-state index in [0.29, 0.717) is 71.0 Å². The zero-order valence-electron chi connectivity index (χ0n) is 43.8. The van der Waals surface area contributed by atoms with Crippen LogP contribution in [0.5, 0.6) is 11.5 Å². The van der Waals surface area contributed by atoms with E-state index >= 15 is 0 Å². The maximum absolute atomic E-state index is 7.32. The predicted octanol–water partition coefficient (Wildman–Crippen LogP) is 18.2. The summed E-state index contributed by atoms with van der Waals surface area (Å²) in [6.07, 6.45) is 14.4. The molecule has 0 radical (unpaired) electrons. The van der Waals surface area contributed by atoms with Crippen molar-refractivity contribution in [3.05, 3.63) is 46.5 Å². The van der Waals surface area contributed by atoms with E-state index in [9.17, 15) is 0 Å². The van der Waals surface area contributed by atoms with Crippen LogP contribution in [0.25, 0.3) is 0 Å². The summed E-state index contributed by atoms with van der Waals surface area (Å²) in [5, 5.41) is 0. The largest absolute Gasteiger partial charge is 0.425 e. The van der Waals surface area contributed by atoms with E-state index in [2.05, 4.69) is 135 Å². The van der Waals surface area contributed by atoms with Gasteiger partial charge in [-0.25, -0.2) is 0 Å². The monoisotopic (exact) mass is 955 g/mol. The van der Waals surface area contributed by atoms with Crippen LogP contribution in [-0.2, 0) is 18.1 Å². The molecule has 0 bridgehead atoms. The summed E-state index contributed by atoms with van der Waals surface area (Å²) >= 11 is 1.74. The molecule has 65 heavy (non-hydrogen) atoms. The molecule has 2 aromatic carbocycles. The van der Waals surface area contributed by atoms with Crippen molar-refractivity contribution < 1.29 is 27.1 Å². The molecular formula is C56H92O6P2S. The molecule has 9 heteroatoms. The van der Waals surface area contributed by atoms with Crippen LogP contribution in [0.2, 0.25) is 0 Å². The Labute approximate surface area is 405 Å².